The molecule has 1 fully saturated rings. The van der Waals surface area contributed by atoms with Crippen LogP contribution in [0.1, 0.15) is 23.4 Å². The Morgan fingerprint density at radius 3 is 2.38 bits per heavy atom. The number of carboxylic acids is 1. The molecule has 0 radical (unpaired) electrons. The summed E-state index contributed by atoms with van der Waals surface area (Å²) >= 11 is 0. The Kier molecular flexibility index (Phi) is 7.00. The molecule has 0 bridgehead atoms. The number of nitrogens with zero attached hydrogens (tertiary/aromatic N) is 3. The molecular formula is C21H28N4O4. The number of anilines is 1. The highest BCUT2D eigenvalue weighted by molar-refractivity contribution is 5.93. The average molecular weight is 400 g/mol. The minimum Gasteiger partial charge on any atom is -0.481 e. The molecular weight excluding hydrogens is 372 g/mol. The lowest BCUT2D eigenvalue weighted by molar-refractivity contribution is -0.144. The number of amides is 1. The number of nitrogens with one attached hydrogen (secondary N) is 1. The van der Waals surface area contributed by atoms with Crippen LogP contribution in [0.4, 0.5) is 5.69 Å². The number of hydrogen-bond acceptors (Lipinski definition) is 6. The number of hydrogen-bond donors (Lipinski definition) is 2. The molecule has 156 valence electrons. The molecule has 1 aliphatic rings. The van der Waals surface area contributed by atoms with Crippen LogP contribution in [0.2, 0.25) is 0 Å². The second-order valence-corrected chi connectivity index (χ2v) is 7.53. The summed E-state index contributed by atoms with van der Waals surface area (Å²) in [5.74, 6) is -1.10. The Morgan fingerprint density at radius 2 is 1.79 bits per heavy atom. The van der Waals surface area contributed by atoms with Crippen LogP contribution in [0.25, 0.3) is 0 Å². The van der Waals surface area contributed by atoms with Crippen LogP contribution in [0.3, 0.4) is 0 Å². The van der Waals surface area contributed by atoms with E-state index in [2.05, 4.69) is 20.3 Å². The van der Waals surface area contributed by atoms with E-state index in [1.807, 2.05) is 32.0 Å². The van der Waals surface area contributed by atoms with Gasteiger partial charge in [-0.2, -0.15) is 0 Å². The molecule has 2 heterocycles. The Bertz CT molecular complexity index is 809. The molecule has 1 amide bonds. The van der Waals surface area contributed by atoms with Gasteiger partial charge in [0.2, 0.25) is 5.91 Å². The van der Waals surface area contributed by atoms with E-state index >= 15 is 0 Å². The fourth-order valence-corrected chi connectivity index (χ4v) is 3.58. The zero-order valence-corrected chi connectivity index (χ0v) is 16.9. The van der Waals surface area contributed by atoms with E-state index < -0.39 is 11.9 Å². The van der Waals surface area contributed by atoms with Gasteiger partial charge in [-0.25, -0.2) is 0 Å². The highest BCUT2D eigenvalue weighted by Crippen LogP contribution is 2.17. The molecule has 1 saturated heterocycles. The third kappa shape index (κ3) is 5.88. The molecule has 0 unspecified atom stereocenters. The predicted molar refractivity (Wildman–Crippen MR) is 109 cm³/mol. The maximum absolute atomic E-state index is 12.2. The molecule has 2 N–H and O–H groups in total. The van der Waals surface area contributed by atoms with Gasteiger partial charge in [-0.05, 0) is 26.0 Å². The highest BCUT2D eigenvalue weighted by atomic mass is 16.5. The lowest BCUT2D eigenvalue weighted by Crippen LogP contribution is -2.48. The highest BCUT2D eigenvalue weighted by Gasteiger charge is 2.27. The Balaban J connectivity index is 1.48. The summed E-state index contributed by atoms with van der Waals surface area (Å²) in [5.41, 5.74) is 2.72. The van der Waals surface area contributed by atoms with Crippen molar-refractivity contribution < 1.29 is 19.2 Å². The molecule has 1 aromatic carbocycles. The Hall–Kier alpha value is -2.71. The predicted octanol–water partition coefficient (Wildman–Crippen LogP) is 2.14. The van der Waals surface area contributed by atoms with E-state index in [1.165, 1.54) is 0 Å². The largest absolute Gasteiger partial charge is 0.481 e. The number of piperazine rings is 1. The molecule has 8 nitrogen and oxygen atoms in total. The van der Waals surface area contributed by atoms with Crippen molar-refractivity contribution in [2.24, 2.45) is 5.92 Å². The van der Waals surface area contributed by atoms with Crippen molar-refractivity contribution in [3.63, 3.8) is 0 Å². The minimum atomic E-state index is -0.939. The van der Waals surface area contributed by atoms with Crippen molar-refractivity contribution in [1.82, 2.24) is 15.0 Å². The number of para-hydroxylation sites is 1. The first kappa shape index (κ1) is 21.0. The molecule has 3 rings (SSSR count). The summed E-state index contributed by atoms with van der Waals surface area (Å²) in [6, 6.07) is 9.08. The number of rotatable bonds is 8. The second-order valence-electron chi connectivity index (χ2n) is 7.53. The summed E-state index contributed by atoms with van der Waals surface area (Å²) in [4.78, 5) is 28.4. The number of benzene rings is 1. The molecule has 8 heteroatoms. The first-order chi connectivity index (χ1) is 13.9. The number of carboxylic acid groups (broad SMARTS) is 1. The fourth-order valence-electron chi connectivity index (χ4n) is 3.58. The van der Waals surface area contributed by atoms with Gasteiger partial charge in [0.05, 0.1) is 11.6 Å². The standard InChI is InChI=1S/C21H28N4O4/c1-15-19(16(2)29-23-15)14-25-10-8-24(9-11-25)13-17(21(27)28)12-20(26)22-18-6-4-3-5-7-18/h3-7,17H,8-14H2,1-2H3,(H,22,26)(H,27,28)/t17-/m1/s1. The molecule has 2 aromatic rings. The zero-order valence-electron chi connectivity index (χ0n) is 16.9. The topological polar surface area (TPSA) is 98.9 Å². The van der Waals surface area contributed by atoms with Crippen molar-refractivity contribution in [3.8, 4) is 0 Å². The molecule has 0 spiro atoms. The summed E-state index contributed by atoms with van der Waals surface area (Å²) in [6.07, 6.45) is -0.0382. The quantitative estimate of drug-likeness (QED) is 0.700. The van der Waals surface area contributed by atoms with Gasteiger partial charge in [0.1, 0.15) is 5.76 Å². The Morgan fingerprint density at radius 1 is 1.14 bits per heavy atom. The van der Waals surface area contributed by atoms with E-state index in [4.69, 9.17) is 4.52 Å². The van der Waals surface area contributed by atoms with Crippen LogP contribution in [-0.4, -0.2) is 64.7 Å². The first-order valence-corrected chi connectivity index (χ1v) is 9.86. The molecule has 29 heavy (non-hydrogen) atoms. The number of aromatic nitrogens is 1. The minimum absolute atomic E-state index is 0.0382. The summed E-state index contributed by atoms with van der Waals surface area (Å²) in [7, 11) is 0. The zero-order chi connectivity index (χ0) is 20.8. The number of carbonyl (C=O) groups is 2. The lowest BCUT2D eigenvalue weighted by Gasteiger charge is -2.35. The average Bonchev–Trinajstić information content (AvgIpc) is 3.01. The van der Waals surface area contributed by atoms with E-state index in [1.54, 1.807) is 12.1 Å². The van der Waals surface area contributed by atoms with Gasteiger partial charge in [-0.3, -0.25) is 19.4 Å². The van der Waals surface area contributed by atoms with Crippen molar-refractivity contribution in [2.45, 2.75) is 26.8 Å². The molecule has 0 saturated carbocycles. The monoisotopic (exact) mass is 400 g/mol. The lowest BCUT2D eigenvalue weighted by atomic mass is 10.0. The van der Waals surface area contributed by atoms with Crippen molar-refractivity contribution in [2.75, 3.05) is 38.0 Å². The molecule has 1 atom stereocenters. The molecule has 0 aliphatic carbocycles. The van der Waals surface area contributed by atoms with Crippen molar-refractivity contribution >= 4 is 17.6 Å². The van der Waals surface area contributed by atoms with E-state index in [9.17, 15) is 14.7 Å². The van der Waals surface area contributed by atoms with Crippen LogP contribution in [0.15, 0.2) is 34.9 Å². The maximum Gasteiger partial charge on any atom is 0.308 e. The number of aliphatic carboxylic acids is 1. The fraction of sp³-hybridized carbons (Fsp3) is 0.476. The van der Waals surface area contributed by atoms with Gasteiger partial charge in [0, 0.05) is 56.9 Å². The number of carbonyl (C=O) groups excluding carboxylic acids is 1. The third-order valence-electron chi connectivity index (χ3n) is 5.35. The van der Waals surface area contributed by atoms with Gasteiger partial charge < -0.3 is 14.9 Å². The normalized spacial score (nSPS) is 16.5. The van der Waals surface area contributed by atoms with Gasteiger partial charge >= 0.3 is 5.97 Å². The smallest absolute Gasteiger partial charge is 0.308 e. The number of aryl methyl sites for hydroxylation is 2. The first-order valence-electron chi connectivity index (χ1n) is 9.86. The van der Waals surface area contributed by atoms with Gasteiger partial charge in [-0.15, -0.1) is 0 Å². The Labute approximate surface area is 170 Å². The summed E-state index contributed by atoms with van der Waals surface area (Å²) < 4.78 is 5.23. The molecule has 1 aliphatic heterocycles. The van der Waals surface area contributed by atoms with Crippen LogP contribution in [-0.2, 0) is 16.1 Å². The van der Waals surface area contributed by atoms with Crippen molar-refractivity contribution in [1.29, 1.82) is 0 Å². The van der Waals surface area contributed by atoms with E-state index in [0.717, 1.165) is 49.7 Å². The van der Waals surface area contributed by atoms with Crippen LogP contribution >= 0.6 is 0 Å². The second kappa shape index (κ2) is 9.67. The van der Waals surface area contributed by atoms with E-state index in [0.29, 0.717) is 12.2 Å². The summed E-state index contributed by atoms with van der Waals surface area (Å²) in [5, 5.41) is 16.3. The third-order valence-corrected chi connectivity index (χ3v) is 5.35. The van der Waals surface area contributed by atoms with E-state index in [-0.39, 0.29) is 12.3 Å². The molecule has 1 aromatic heterocycles. The van der Waals surface area contributed by atoms with Crippen LogP contribution in [0.5, 0.6) is 0 Å². The summed E-state index contributed by atoms with van der Waals surface area (Å²) in [6.45, 7) is 8.25. The SMILES string of the molecule is Cc1noc(C)c1CN1CCN(C[C@@H](CC(=O)Nc2ccccc2)C(=O)O)CC1. The van der Waals surface area contributed by atoms with Gasteiger partial charge in [0.25, 0.3) is 0 Å². The van der Waals surface area contributed by atoms with Gasteiger partial charge in [0.15, 0.2) is 0 Å². The van der Waals surface area contributed by atoms with Crippen molar-refractivity contribution in [3.05, 3.63) is 47.3 Å². The van der Waals surface area contributed by atoms with Gasteiger partial charge in [-0.1, -0.05) is 23.4 Å². The van der Waals surface area contributed by atoms with Crippen LogP contribution in [0, 0.1) is 19.8 Å². The van der Waals surface area contributed by atoms with Crippen LogP contribution < -0.4 is 5.32 Å². The maximum atomic E-state index is 12.2.